The van der Waals surface area contributed by atoms with Crippen molar-refractivity contribution >= 4 is 41.6 Å². The standard InChI is InChI=1S/C14H30O4Si4/c1-19(2)16-14(17-20(3)4)12-15-22(18-21(5)6)13-10-8-7-9-11-13/h7-11,14,19-22H,12H2,1-6H3. The van der Waals surface area contributed by atoms with Gasteiger partial charge in [-0.05, 0) is 44.5 Å². The second-order valence-electron chi connectivity index (χ2n) is 6.06. The molecule has 22 heavy (non-hydrogen) atoms. The molecular weight excluding hydrogens is 344 g/mol. The minimum atomic E-state index is -1.86. The fourth-order valence-corrected chi connectivity index (χ4v) is 7.56. The van der Waals surface area contributed by atoms with Crippen LogP contribution < -0.4 is 5.19 Å². The predicted octanol–water partition coefficient (Wildman–Crippen LogP) is 1.46. The van der Waals surface area contributed by atoms with Crippen LogP contribution in [-0.2, 0) is 17.4 Å². The van der Waals surface area contributed by atoms with Crippen molar-refractivity contribution in [3.8, 4) is 0 Å². The first-order valence-corrected chi connectivity index (χ1v) is 17.9. The highest BCUT2D eigenvalue weighted by Crippen LogP contribution is 2.05. The summed E-state index contributed by atoms with van der Waals surface area (Å²) in [7, 11) is -5.31. The Morgan fingerprint density at radius 3 is 1.82 bits per heavy atom. The lowest BCUT2D eigenvalue weighted by atomic mass is 10.4. The molecule has 0 aliphatic heterocycles. The highest BCUT2D eigenvalue weighted by Gasteiger charge is 2.22. The Labute approximate surface area is 141 Å². The van der Waals surface area contributed by atoms with Gasteiger partial charge in [-0.15, -0.1) is 0 Å². The van der Waals surface area contributed by atoms with Crippen molar-refractivity contribution in [3.63, 3.8) is 0 Å². The average Bonchev–Trinajstić information content (AvgIpc) is 2.42. The van der Waals surface area contributed by atoms with E-state index >= 15 is 0 Å². The first-order chi connectivity index (χ1) is 10.4. The van der Waals surface area contributed by atoms with Gasteiger partial charge in [0.2, 0.25) is 0 Å². The van der Waals surface area contributed by atoms with Crippen molar-refractivity contribution in [2.75, 3.05) is 6.61 Å². The summed E-state index contributed by atoms with van der Waals surface area (Å²) in [6, 6.07) is 10.3. The monoisotopic (exact) mass is 374 g/mol. The Bertz CT molecular complexity index is 393. The molecule has 8 heteroatoms. The molecule has 1 rings (SSSR count). The highest BCUT2D eigenvalue weighted by atomic mass is 28.4. The Morgan fingerprint density at radius 2 is 1.36 bits per heavy atom. The topological polar surface area (TPSA) is 36.9 Å². The summed E-state index contributed by atoms with van der Waals surface area (Å²) in [6.45, 7) is 13.5. The van der Waals surface area contributed by atoms with Crippen LogP contribution in [0.25, 0.3) is 0 Å². The number of hydrogen-bond donors (Lipinski definition) is 0. The van der Waals surface area contributed by atoms with Gasteiger partial charge in [-0.3, -0.25) is 0 Å². The quantitative estimate of drug-likeness (QED) is 0.459. The van der Waals surface area contributed by atoms with E-state index in [1.54, 1.807) is 0 Å². The molecule has 0 heterocycles. The summed E-state index contributed by atoms with van der Waals surface area (Å²) in [5.74, 6) is 0. The number of hydrogen-bond acceptors (Lipinski definition) is 4. The molecule has 0 saturated heterocycles. The van der Waals surface area contributed by atoms with Crippen LogP contribution in [0.15, 0.2) is 30.3 Å². The maximum absolute atomic E-state index is 6.16. The largest absolute Gasteiger partial charge is 0.438 e. The SMILES string of the molecule is C[SiH](C)OC(CO[SiH](O[SiH](C)C)c1ccccc1)O[SiH](C)C. The van der Waals surface area contributed by atoms with Crippen molar-refractivity contribution in [1.82, 2.24) is 0 Å². The molecule has 1 aromatic carbocycles. The van der Waals surface area contributed by atoms with Gasteiger partial charge in [-0.1, -0.05) is 30.3 Å². The Balaban J connectivity index is 2.67. The van der Waals surface area contributed by atoms with Crippen LogP contribution in [0.2, 0.25) is 39.3 Å². The van der Waals surface area contributed by atoms with Gasteiger partial charge in [0.05, 0.1) is 6.61 Å². The van der Waals surface area contributed by atoms with E-state index in [9.17, 15) is 0 Å². The molecule has 0 aromatic heterocycles. The smallest absolute Gasteiger partial charge is 0.345 e. The minimum Gasteiger partial charge on any atom is -0.438 e. The summed E-state index contributed by atoms with van der Waals surface area (Å²) in [4.78, 5) is 0. The lowest BCUT2D eigenvalue weighted by Gasteiger charge is -2.26. The molecule has 1 unspecified atom stereocenters. The molecule has 4 nitrogen and oxygen atoms in total. The van der Waals surface area contributed by atoms with Crippen molar-refractivity contribution in [1.29, 1.82) is 0 Å². The van der Waals surface area contributed by atoms with Gasteiger partial charge >= 0.3 is 9.28 Å². The fourth-order valence-electron chi connectivity index (χ4n) is 1.96. The normalized spacial score (nSPS) is 13.5. The van der Waals surface area contributed by atoms with E-state index < -0.39 is 36.4 Å². The fraction of sp³-hybridized carbons (Fsp3) is 0.571. The third kappa shape index (κ3) is 8.53. The lowest BCUT2D eigenvalue weighted by Crippen LogP contribution is -2.43. The van der Waals surface area contributed by atoms with Crippen molar-refractivity contribution in [3.05, 3.63) is 30.3 Å². The van der Waals surface area contributed by atoms with Gasteiger partial charge in [0.1, 0.15) is 0 Å². The molecule has 0 amide bonds. The van der Waals surface area contributed by atoms with Crippen molar-refractivity contribution in [2.45, 2.75) is 45.6 Å². The lowest BCUT2D eigenvalue weighted by molar-refractivity contribution is -0.0344. The molecule has 0 N–H and O–H groups in total. The van der Waals surface area contributed by atoms with E-state index in [-0.39, 0.29) is 6.29 Å². The second-order valence-corrected chi connectivity index (χ2v) is 15.6. The van der Waals surface area contributed by atoms with Gasteiger partial charge < -0.3 is 17.4 Å². The van der Waals surface area contributed by atoms with E-state index in [0.29, 0.717) is 6.61 Å². The molecule has 0 saturated carbocycles. The molecule has 0 radical (unpaired) electrons. The van der Waals surface area contributed by atoms with Crippen molar-refractivity contribution in [2.24, 2.45) is 0 Å². The van der Waals surface area contributed by atoms with Crippen LogP contribution in [0.4, 0.5) is 0 Å². The van der Waals surface area contributed by atoms with Gasteiger partial charge in [0.15, 0.2) is 33.4 Å². The van der Waals surface area contributed by atoms with E-state index in [4.69, 9.17) is 17.4 Å². The second kappa shape index (κ2) is 10.7. The van der Waals surface area contributed by atoms with E-state index in [1.807, 2.05) is 18.2 Å². The van der Waals surface area contributed by atoms with Crippen LogP contribution in [0.5, 0.6) is 0 Å². The zero-order valence-corrected chi connectivity index (χ0v) is 19.2. The first-order valence-electron chi connectivity index (χ1n) is 8.01. The van der Waals surface area contributed by atoms with Gasteiger partial charge in [-0.2, -0.15) is 0 Å². The maximum Gasteiger partial charge on any atom is 0.345 e. The number of rotatable bonds is 10. The van der Waals surface area contributed by atoms with E-state index in [1.165, 1.54) is 5.19 Å². The van der Waals surface area contributed by atoms with Crippen LogP contribution in [0.3, 0.4) is 0 Å². The first kappa shape index (κ1) is 20.0. The summed E-state index contributed by atoms with van der Waals surface area (Å²) < 4.78 is 24.2. The summed E-state index contributed by atoms with van der Waals surface area (Å²) in [6.07, 6.45) is -0.227. The molecule has 0 fully saturated rings. The van der Waals surface area contributed by atoms with Gasteiger partial charge in [0, 0.05) is 0 Å². The van der Waals surface area contributed by atoms with Crippen LogP contribution >= 0.6 is 0 Å². The van der Waals surface area contributed by atoms with Crippen LogP contribution in [0, 0.1) is 0 Å². The van der Waals surface area contributed by atoms with E-state index in [2.05, 4.69) is 51.4 Å². The molecule has 0 aliphatic rings. The Kier molecular flexibility index (Phi) is 9.67. The molecule has 0 aliphatic carbocycles. The predicted molar refractivity (Wildman–Crippen MR) is 103 cm³/mol. The molecule has 1 atom stereocenters. The zero-order valence-electron chi connectivity index (χ0n) is 14.6. The third-order valence-corrected chi connectivity index (χ3v) is 8.99. The summed E-state index contributed by atoms with van der Waals surface area (Å²) >= 11 is 0. The van der Waals surface area contributed by atoms with E-state index in [0.717, 1.165) is 0 Å². The molecule has 0 spiro atoms. The number of benzene rings is 1. The minimum absolute atomic E-state index is 0.227. The van der Waals surface area contributed by atoms with Crippen LogP contribution in [0.1, 0.15) is 0 Å². The molecule has 126 valence electrons. The van der Waals surface area contributed by atoms with Gasteiger partial charge in [-0.25, -0.2) is 0 Å². The van der Waals surface area contributed by atoms with Gasteiger partial charge in [0.25, 0.3) is 0 Å². The van der Waals surface area contributed by atoms with Crippen molar-refractivity contribution < 1.29 is 17.4 Å². The highest BCUT2D eigenvalue weighted by molar-refractivity contribution is 6.70. The zero-order chi connectivity index (χ0) is 16.5. The molecular formula is C14H30O4Si4. The average molecular weight is 375 g/mol. The Morgan fingerprint density at radius 1 is 0.818 bits per heavy atom. The summed E-state index contributed by atoms with van der Waals surface area (Å²) in [5, 5.41) is 1.19. The maximum atomic E-state index is 6.16. The Hall–Kier alpha value is -0.0725. The summed E-state index contributed by atoms with van der Waals surface area (Å²) in [5.41, 5.74) is 0. The third-order valence-electron chi connectivity index (χ3n) is 2.70. The molecule has 0 bridgehead atoms. The van der Waals surface area contributed by atoms with Crippen LogP contribution in [-0.4, -0.2) is 49.3 Å². The molecule has 1 aromatic rings.